The van der Waals surface area contributed by atoms with Crippen LogP contribution in [0.1, 0.15) is 30.6 Å². The van der Waals surface area contributed by atoms with E-state index in [0.717, 1.165) is 5.56 Å². The van der Waals surface area contributed by atoms with Crippen molar-refractivity contribution in [3.8, 4) is 5.75 Å². The van der Waals surface area contributed by atoms with Gasteiger partial charge in [-0.1, -0.05) is 61.0 Å². The Bertz CT molecular complexity index is 996. The molecule has 1 fully saturated rings. The van der Waals surface area contributed by atoms with E-state index in [9.17, 15) is 19.8 Å². The molecule has 8 heteroatoms. The zero-order valence-electron chi connectivity index (χ0n) is 18.5. The molecule has 2 unspecified atom stereocenters. The molecule has 1 aliphatic rings. The Morgan fingerprint density at radius 3 is 2.61 bits per heavy atom. The van der Waals surface area contributed by atoms with Gasteiger partial charge in [0.2, 0.25) is 5.91 Å². The molecule has 3 N–H and O–H groups in total. The van der Waals surface area contributed by atoms with Crippen molar-refractivity contribution in [3.05, 3.63) is 76.8 Å². The number of ether oxygens (including phenoxy) is 2. The largest absolute Gasteiger partial charge is 0.495 e. The third kappa shape index (κ3) is 6.35. The Morgan fingerprint density at radius 1 is 1.24 bits per heavy atom. The van der Waals surface area contributed by atoms with Crippen LogP contribution in [0.2, 0.25) is 5.02 Å². The monoisotopic (exact) mass is 473 g/mol. The van der Waals surface area contributed by atoms with Crippen molar-refractivity contribution in [1.82, 2.24) is 5.32 Å². The number of benzene rings is 2. The maximum Gasteiger partial charge on any atom is 0.326 e. The molecule has 1 aliphatic heterocycles. The summed E-state index contributed by atoms with van der Waals surface area (Å²) in [6.45, 7) is 1.91. The number of halogens is 1. The first-order valence-corrected chi connectivity index (χ1v) is 11.1. The Labute approximate surface area is 198 Å². The van der Waals surface area contributed by atoms with E-state index in [4.69, 9.17) is 21.1 Å². The lowest BCUT2D eigenvalue weighted by molar-refractivity contribution is -0.141. The standard InChI is InChI=1S/C25H28ClNO6/c1-15-20(33-24(23(15)29)17-7-4-3-5-8-17)9-6-10-22(28)27-19(25(30)31)14-16-11-12-21(32-2)18(26)13-16/h3-8,10-13,15,19-20,23-24,29H,9,14H2,1-2H3,(H,27,28)(H,30,31)/b10-6+/t15-,19+,20?,23+,24?/m0/s1. The third-order valence-electron chi connectivity index (χ3n) is 5.79. The Morgan fingerprint density at radius 2 is 1.97 bits per heavy atom. The normalized spacial score (nSPS) is 23.4. The van der Waals surface area contributed by atoms with E-state index in [2.05, 4.69) is 5.32 Å². The Hall–Kier alpha value is -2.87. The molecule has 7 nitrogen and oxygen atoms in total. The van der Waals surface area contributed by atoms with Crippen LogP contribution in [-0.4, -0.2) is 47.4 Å². The third-order valence-corrected chi connectivity index (χ3v) is 6.09. The topological polar surface area (TPSA) is 105 Å². The van der Waals surface area contributed by atoms with E-state index in [0.29, 0.717) is 22.8 Å². The molecule has 5 atom stereocenters. The zero-order chi connectivity index (χ0) is 24.0. The second-order valence-electron chi connectivity index (χ2n) is 8.07. The average molecular weight is 474 g/mol. The smallest absolute Gasteiger partial charge is 0.326 e. The summed E-state index contributed by atoms with van der Waals surface area (Å²) in [6, 6.07) is 13.4. The van der Waals surface area contributed by atoms with Crippen molar-refractivity contribution in [2.75, 3.05) is 7.11 Å². The van der Waals surface area contributed by atoms with E-state index in [1.165, 1.54) is 13.2 Å². The maximum absolute atomic E-state index is 12.3. The molecule has 0 bridgehead atoms. The lowest BCUT2D eigenvalue weighted by Crippen LogP contribution is -2.41. The minimum Gasteiger partial charge on any atom is -0.495 e. The highest BCUT2D eigenvalue weighted by molar-refractivity contribution is 6.32. The number of nitrogens with one attached hydrogen (secondary N) is 1. The van der Waals surface area contributed by atoms with Crippen molar-refractivity contribution in [2.45, 2.75) is 44.1 Å². The minimum atomic E-state index is -1.15. The number of rotatable bonds is 9. The van der Waals surface area contributed by atoms with Crippen molar-refractivity contribution >= 4 is 23.5 Å². The number of carboxylic acid groups (broad SMARTS) is 1. The van der Waals surface area contributed by atoms with Gasteiger partial charge in [0.15, 0.2) is 0 Å². The quantitative estimate of drug-likeness (QED) is 0.481. The molecule has 0 saturated carbocycles. The lowest BCUT2D eigenvalue weighted by atomic mass is 9.94. The molecule has 2 aromatic rings. The molecule has 0 radical (unpaired) electrons. The van der Waals surface area contributed by atoms with Gasteiger partial charge in [0.05, 0.1) is 24.3 Å². The number of amides is 1. The van der Waals surface area contributed by atoms with Gasteiger partial charge in [-0.25, -0.2) is 4.79 Å². The highest BCUT2D eigenvalue weighted by Crippen LogP contribution is 2.38. The first-order chi connectivity index (χ1) is 15.8. The number of carbonyl (C=O) groups is 2. The first-order valence-electron chi connectivity index (χ1n) is 10.7. The predicted octanol–water partition coefficient (Wildman–Crippen LogP) is 3.54. The van der Waals surface area contributed by atoms with Gasteiger partial charge in [-0.15, -0.1) is 0 Å². The second kappa shape index (κ2) is 11.3. The molecule has 0 spiro atoms. The van der Waals surface area contributed by atoms with Gasteiger partial charge in [0.25, 0.3) is 0 Å². The van der Waals surface area contributed by atoms with E-state index in [-0.39, 0.29) is 18.4 Å². The van der Waals surface area contributed by atoms with Gasteiger partial charge in [-0.05, 0) is 35.8 Å². The highest BCUT2D eigenvalue weighted by atomic mass is 35.5. The number of aliphatic hydroxyl groups excluding tert-OH is 1. The molecule has 33 heavy (non-hydrogen) atoms. The number of aliphatic hydroxyl groups is 1. The Kier molecular flexibility index (Phi) is 8.49. The van der Waals surface area contributed by atoms with E-state index in [1.807, 2.05) is 37.3 Å². The number of methoxy groups -OCH3 is 1. The number of carboxylic acids is 1. The van der Waals surface area contributed by atoms with Gasteiger partial charge in [-0.3, -0.25) is 4.79 Å². The van der Waals surface area contributed by atoms with Crippen molar-refractivity contribution < 1.29 is 29.3 Å². The summed E-state index contributed by atoms with van der Waals surface area (Å²) in [5.41, 5.74) is 1.57. The molecule has 0 aliphatic carbocycles. The molecular weight excluding hydrogens is 446 g/mol. The first kappa shape index (κ1) is 24.8. The van der Waals surface area contributed by atoms with Gasteiger partial charge < -0.3 is 25.0 Å². The molecule has 1 heterocycles. The SMILES string of the molecule is COc1ccc(C[C@@H](NC(=O)/C=C/CC2OC(c3ccccc3)[C@H](O)[C@H]2C)C(=O)O)cc1Cl. The number of hydrogen-bond donors (Lipinski definition) is 3. The van der Waals surface area contributed by atoms with Crippen LogP contribution < -0.4 is 10.1 Å². The van der Waals surface area contributed by atoms with Crippen LogP contribution in [-0.2, 0) is 20.7 Å². The highest BCUT2D eigenvalue weighted by Gasteiger charge is 2.40. The van der Waals surface area contributed by atoms with Crippen molar-refractivity contribution in [3.63, 3.8) is 0 Å². The summed E-state index contributed by atoms with van der Waals surface area (Å²) in [4.78, 5) is 24.0. The van der Waals surface area contributed by atoms with Gasteiger partial charge in [0, 0.05) is 12.3 Å². The molecule has 2 aromatic carbocycles. The van der Waals surface area contributed by atoms with E-state index >= 15 is 0 Å². The van der Waals surface area contributed by atoms with Crippen LogP contribution in [0, 0.1) is 5.92 Å². The second-order valence-corrected chi connectivity index (χ2v) is 8.47. The number of aliphatic carboxylic acids is 1. The minimum absolute atomic E-state index is 0.0757. The van der Waals surface area contributed by atoms with Crippen LogP contribution in [0.15, 0.2) is 60.7 Å². The summed E-state index contributed by atoms with van der Waals surface area (Å²) < 4.78 is 11.1. The zero-order valence-corrected chi connectivity index (χ0v) is 19.2. The maximum atomic E-state index is 12.3. The van der Waals surface area contributed by atoms with Gasteiger partial charge in [-0.2, -0.15) is 0 Å². The van der Waals surface area contributed by atoms with Crippen LogP contribution in [0.4, 0.5) is 0 Å². The number of hydrogen-bond acceptors (Lipinski definition) is 5. The molecule has 1 saturated heterocycles. The van der Waals surface area contributed by atoms with Crippen molar-refractivity contribution in [1.29, 1.82) is 0 Å². The fourth-order valence-electron chi connectivity index (χ4n) is 3.88. The summed E-state index contributed by atoms with van der Waals surface area (Å²) >= 11 is 6.10. The summed E-state index contributed by atoms with van der Waals surface area (Å²) in [5, 5.41) is 22.9. The van der Waals surface area contributed by atoms with Gasteiger partial charge >= 0.3 is 5.97 Å². The Balaban J connectivity index is 1.55. The van der Waals surface area contributed by atoms with E-state index < -0.39 is 30.1 Å². The van der Waals surface area contributed by atoms with Crippen LogP contribution in [0.3, 0.4) is 0 Å². The summed E-state index contributed by atoms with van der Waals surface area (Å²) in [7, 11) is 1.49. The lowest BCUT2D eigenvalue weighted by Gasteiger charge is -2.15. The van der Waals surface area contributed by atoms with Crippen LogP contribution >= 0.6 is 11.6 Å². The van der Waals surface area contributed by atoms with Crippen molar-refractivity contribution in [2.24, 2.45) is 5.92 Å². The molecule has 1 amide bonds. The number of carbonyl (C=O) groups excluding carboxylic acids is 1. The van der Waals surface area contributed by atoms with E-state index in [1.54, 1.807) is 24.3 Å². The fraction of sp³-hybridized carbons (Fsp3) is 0.360. The molecule has 176 valence electrons. The summed E-state index contributed by atoms with van der Waals surface area (Å²) in [5.74, 6) is -1.30. The van der Waals surface area contributed by atoms with Crippen LogP contribution in [0.25, 0.3) is 0 Å². The predicted molar refractivity (Wildman–Crippen MR) is 124 cm³/mol. The molecule has 3 rings (SSSR count). The average Bonchev–Trinajstić information content (AvgIpc) is 3.08. The van der Waals surface area contributed by atoms with Crippen LogP contribution in [0.5, 0.6) is 5.75 Å². The van der Waals surface area contributed by atoms with Gasteiger partial charge in [0.1, 0.15) is 17.9 Å². The fourth-order valence-corrected chi connectivity index (χ4v) is 4.16. The summed E-state index contributed by atoms with van der Waals surface area (Å²) in [6.07, 6.45) is 2.11. The molecule has 0 aromatic heterocycles. The molecular formula is C25H28ClNO6.